The van der Waals surface area contributed by atoms with Gasteiger partial charge in [-0.15, -0.1) is 0 Å². The Morgan fingerprint density at radius 2 is 1.95 bits per heavy atom. The van der Waals surface area contributed by atoms with Crippen LogP contribution >= 0.6 is 11.6 Å². The van der Waals surface area contributed by atoms with Crippen molar-refractivity contribution in [3.8, 4) is 5.75 Å². The van der Waals surface area contributed by atoms with Gasteiger partial charge in [0.05, 0.1) is 23.7 Å². The van der Waals surface area contributed by atoms with Crippen LogP contribution in [0, 0.1) is 0 Å². The van der Waals surface area contributed by atoms with E-state index in [1.807, 2.05) is 20.8 Å². The van der Waals surface area contributed by atoms with Crippen molar-refractivity contribution in [2.75, 3.05) is 13.1 Å². The Bertz CT molecular complexity index is 592. The zero-order valence-electron chi connectivity index (χ0n) is 12.8. The largest absolute Gasteiger partial charge is 0.487 e. The second-order valence-corrected chi connectivity index (χ2v) is 6.54. The lowest BCUT2D eigenvalue weighted by Crippen LogP contribution is -2.57. The van der Waals surface area contributed by atoms with Crippen LogP contribution in [0.15, 0.2) is 18.2 Å². The maximum atomic E-state index is 11.8. The topological polar surface area (TPSA) is 81.9 Å². The molecule has 1 fully saturated rings. The lowest BCUT2D eigenvalue weighted by molar-refractivity contribution is -0.0221. The normalized spacial score (nSPS) is 15.2. The van der Waals surface area contributed by atoms with Gasteiger partial charge in [0.25, 0.3) is 0 Å². The molecule has 2 rings (SSSR count). The Morgan fingerprint density at radius 3 is 2.50 bits per heavy atom. The molecular formula is C15H19ClN2O4. The highest BCUT2D eigenvalue weighted by Crippen LogP contribution is 2.25. The molecule has 120 valence electrons. The Kier molecular flexibility index (Phi) is 4.51. The zero-order chi connectivity index (χ0) is 16.5. The molecule has 0 spiro atoms. The van der Waals surface area contributed by atoms with Gasteiger partial charge in [0.15, 0.2) is 0 Å². The number of halogens is 1. The van der Waals surface area contributed by atoms with E-state index in [1.165, 1.54) is 6.07 Å². The van der Waals surface area contributed by atoms with E-state index in [0.717, 1.165) is 0 Å². The first-order valence-corrected chi connectivity index (χ1v) is 7.27. The summed E-state index contributed by atoms with van der Waals surface area (Å²) in [4.78, 5) is 24.6. The number of nitrogens with zero attached hydrogens (tertiary/aromatic N) is 1. The highest BCUT2D eigenvalue weighted by Gasteiger charge is 2.35. The summed E-state index contributed by atoms with van der Waals surface area (Å²) in [5, 5.41) is 0.281. The van der Waals surface area contributed by atoms with Crippen LogP contribution in [0.3, 0.4) is 0 Å². The van der Waals surface area contributed by atoms with E-state index in [-0.39, 0.29) is 22.8 Å². The molecule has 1 heterocycles. The Morgan fingerprint density at radius 1 is 1.32 bits per heavy atom. The van der Waals surface area contributed by atoms with Crippen molar-refractivity contribution in [1.82, 2.24) is 4.90 Å². The lowest BCUT2D eigenvalue weighted by atomic mass is 10.1. The fourth-order valence-corrected chi connectivity index (χ4v) is 2.16. The Labute approximate surface area is 134 Å². The summed E-state index contributed by atoms with van der Waals surface area (Å²) in [6.07, 6.45) is -0.504. The van der Waals surface area contributed by atoms with E-state index in [1.54, 1.807) is 17.0 Å². The molecule has 1 saturated heterocycles. The van der Waals surface area contributed by atoms with Crippen molar-refractivity contribution in [2.24, 2.45) is 5.73 Å². The molecule has 0 bridgehead atoms. The predicted octanol–water partition coefficient (Wildman–Crippen LogP) is 2.44. The van der Waals surface area contributed by atoms with Crippen LogP contribution in [-0.4, -0.2) is 41.7 Å². The van der Waals surface area contributed by atoms with E-state index in [0.29, 0.717) is 18.8 Å². The fraction of sp³-hybridized carbons (Fsp3) is 0.467. The second kappa shape index (κ2) is 6.04. The van der Waals surface area contributed by atoms with Crippen LogP contribution in [0.25, 0.3) is 0 Å². The molecule has 22 heavy (non-hydrogen) atoms. The molecule has 1 aromatic carbocycles. The lowest BCUT2D eigenvalue weighted by Gasteiger charge is -2.39. The van der Waals surface area contributed by atoms with Crippen LogP contribution < -0.4 is 10.5 Å². The van der Waals surface area contributed by atoms with Crippen LogP contribution in [-0.2, 0) is 4.74 Å². The number of ether oxygens (including phenoxy) is 2. The Hall–Kier alpha value is -1.95. The molecule has 0 radical (unpaired) electrons. The molecule has 0 unspecified atom stereocenters. The van der Waals surface area contributed by atoms with Gasteiger partial charge in [-0.3, -0.25) is 4.79 Å². The van der Waals surface area contributed by atoms with Gasteiger partial charge < -0.3 is 20.1 Å². The number of amides is 2. The molecule has 0 aromatic heterocycles. The van der Waals surface area contributed by atoms with Gasteiger partial charge in [-0.05, 0) is 39.0 Å². The SMILES string of the molecule is CC(C)(C)OC(=O)N1CC(Oc2ccc(Cl)c(C(N)=O)c2)C1. The van der Waals surface area contributed by atoms with Gasteiger partial charge in [-0.1, -0.05) is 11.6 Å². The van der Waals surface area contributed by atoms with Crippen LogP contribution in [0.1, 0.15) is 31.1 Å². The maximum Gasteiger partial charge on any atom is 0.410 e. The second-order valence-electron chi connectivity index (χ2n) is 6.13. The van der Waals surface area contributed by atoms with E-state index < -0.39 is 11.5 Å². The van der Waals surface area contributed by atoms with E-state index in [2.05, 4.69) is 0 Å². The molecule has 6 nitrogen and oxygen atoms in total. The first-order chi connectivity index (χ1) is 10.2. The molecule has 1 aromatic rings. The summed E-state index contributed by atoms with van der Waals surface area (Å²) in [6, 6.07) is 4.72. The van der Waals surface area contributed by atoms with Crippen molar-refractivity contribution < 1.29 is 19.1 Å². The van der Waals surface area contributed by atoms with Crippen LogP contribution in [0.2, 0.25) is 5.02 Å². The van der Waals surface area contributed by atoms with Gasteiger partial charge >= 0.3 is 6.09 Å². The number of primary amides is 1. The number of rotatable bonds is 3. The summed E-state index contributed by atoms with van der Waals surface area (Å²) >= 11 is 5.88. The minimum atomic E-state index is -0.612. The smallest absolute Gasteiger partial charge is 0.410 e. The van der Waals surface area contributed by atoms with Crippen molar-refractivity contribution in [3.05, 3.63) is 28.8 Å². The summed E-state index contributed by atoms with van der Waals surface area (Å²) < 4.78 is 11.0. The van der Waals surface area contributed by atoms with Crippen LogP contribution in [0.5, 0.6) is 5.75 Å². The molecule has 1 aliphatic rings. The quantitative estimate of drug-likeness (QED) is 0.925. The monoisotopic (exact) mass is 326 g/mol. The summed E-state index contributed by atoms with van der Waals surface area (Å²) in [5.74, 6) is -0.119. The molecule has 2 N–H and O–H groups in total. The third-order valence-corrected chi connectivity index (χ3v) is 3.34. The van der Waals surface area contributed by atoms with E-state index >= 15 is 0 Å². The summed E-state index contributed by atoms with van der Waals surface area (Å²) in [7, 11) is 0. The standard InChI is InChI=1S/C15H19ClN2O4/c1-15(2,3)22-14(20)18-7-10(8-18)21-9-4-5-12(16)11(6-9)13(17)19/h4-6,10H,7-8H2,1-3H3,(H2,17,19). The molecule has 7 heteroatoms. The number of carbonyl (C=O) groups excluding carboxylic acids is 2. The number of carbonyl (C=O) groups is 2. The minimum absolute atomic E-state index is 0.144. The van der Waals surface area contributed by atoms with E-state index in [9.17, 15) is 9.59 Å². The highest BCUT2D eigenvalue weighted by molar-refractivity contribution is 6.33. The molecule has 2 amide bonds. The number of likely N-dealkylation sites (tertiary alicyclic amines) is 1. The van der Waals surface area contributed by atoms with Gasteiger partial charge in [0.1, 0.15) is 17.5 Å². The first kappa shape index (κ1) is 16.4. The number of benzene rings is 1. The first-order valence-electron chi connectivity index (χ1n) is 6.89. The van der Waals surface area contributed by atoms with Crippen molar-refractivity contribution in [1.29, 1.82) is 0 Å². The Balaban J connectivity index is 1.89. The van der Waals surface area contributed by atoms with Gasteiger partial charge in [-0.25, -0.2) is 4.79 Å². The van der Waals surface area contributed by atoms with E-state index in [4.69, 9.17) is 26.8 Å². The summed E-state index contributed by atoms with van der Waals surface area (Å²) in [6.45, 7) is 6.32. The van der Waals surface area contributed by atoms with Gasteiger partial charge in [0.2, 0.25) is 5.91 Å². The molecular weight excluding hydrogens is 308 g/mol. The average Bonchev–Trinajstić information content (AvgIpc) is 2.32. The molecule has 1 aliphatic heterocycles. The van der Waals surface area contributed by atoms with Crippen molar-refractivity contribution >= 4 is 23.6 Å². The van der Waals surface area contributed by atoms with Crippen LogP contribution in [0.4, 0.5) is 4.79 Å². The summed E-state index contributed by atoms with van der Waals surface area (Å²) in [5.41, 5.74) is 4.93. The average molecular weight is 327 g/mol. The third kappa shape index (κ3) is 4.04. The number of hydrogen-bond donors (Lipinski definition) is 1. The van der Waals surface area contributed by atoms with Gasteiger partial charge in [0, 0.05) is 0 Å². The zero-order valence-corrected chi connectivity index (χ0v) is 13.5. The third-order valence-electron chi connectivity index (χ3n) is 3.01. The molecule has 0 saturated carbocycles. The fourth-order valence-electron chi connectivity index (χ4n) is 1.95. The number of hydrogen-bond acceptors (Lipinski definition) is 4. The highest BCUT2D eigenvalue weighted by atomic mass is 35.5. The molecule has 0 aliphatic carbocycles. The minimum Gasteiger partial charge on any atom is -0.487 e. The maximum absolute atomic E-state index is 11.8. The van der Waals surface area contributed by atoms with Gasteiger partial charge in [-0.2, -0.15) is 0 Å². The van der Waals surface area contributed by atoms with Crippen molar-refractivity contribution in [2.45, 2.75) is 32.5 Å². The molecule has 0 atom stereocenters. The van der Waals surface area contributed by atoms with Crippen molar-refractivity contribution in [3.63, 3.8) is 0 Å². The predicted molar refractivity (Wildman–Crippen MR) is 82.2 cm³/mol. The number of nitrogens with two attached hydrogens (primary N) is 1.